The highest BCUT2D eigenvalue weighted by molar-refractivity contribution is 9.10. The Labute approximate surface area is 273 Å². The number of furan rings is 1. The molecule has 0 fully saturated rings. The van der Waals surface area contributed by atoms with Gasteiger partial charge >= 0.3 is 5.69 Å². The van der Waals surface area contributed by atoms with Crippen LogP contribution in [0.25, 0.3) is 33.5 Å². The van der Waals surface area contributed by atoms with E-state index in [0.29, 0.717) is 37.9 Å². The summed E-state index contributed by atoms with van der Waals surface area (Å²) in [5.41, 5.74) is 1.10. The smallest absolute Gasteiger partial charge is 0.315 e. The molecule has 0 aliphatic rings. The molecule has 0 saturated heterocycles. The predicted octanol–water partition coefficient (Wildman–Crippen LogP) is 8.65. The number of para-hydroxylation sites is 1. The maximum Gasteiger partial charge on any atom is 0.315 e. The van der Waals surface area contributed by atoms with Gasteiger partial charge in [-0.3, -0.25) is 14.9 Å². The second-order valence-corrected chi connectivity index (χ2v) is 11.4. The van der Waals surface area contributed by atoms with E-state index in [1.807, 2.05) is 12.1 Å². The Morgan fingerprint density at radius 3 is 2.67 bits per heavy atom. The van der Waals surface area contributed by atoms with Gasteiger partial charge in [0.1, 0.15) is 12.2 Å². The van der Waals surface area contributed by atoms with Crippen LogP contribution in [0.15, 0.2) is 97.6 Å². The van der Waals surface area contributed by atoms with Gasteiger partial charge in [-0.05, 0) is 61.5 Å². The van der Waals surface area contributed by atoms with Crippen molar-refractivity contribution < 1.29 is 18.8 Å². The number of nitrogens with zero attached hydrogens (tertiary/aromatic N) is 4. The average Bonchev–Trinajstić information content (AvgIpc) is 3.43. The first-order valence-corrected chi connectivity index (χ1v) is 15.0. The summed E-state index contributed by atoms with van der Waals surface area (Å²) in [7, 11) is 0. The monoisotopic (exact) mass is 706 g/mol. The Morgan fingerprint density at radius 1 is 1.07 bits per heavy atom. The maximum absolute atomic E-state index is 13.7. The van der Waals surface area contributed by atoms with Crippen molar-refractivity contribution in [3.05, 3.63) is 125 Å². The molecule has 0 bridgehead atoms. The number of aromatic nitrogens is 2. The van der Waals surface area contributed by atoms with E-state index in [2.05, 4.69) is 26.0 Å². The summed E-state index contributed by atoms with van der Waals surface area (Å²) in [6, 6.07) is 21.9. The van der Waals surface area contributed by atoms with E-state index in [9.17, 15) is 14.9 Å². The Balaban J connectivity index is 1.44. The number of ether oxygens (including phenoxy) is 2. The molecule has 0 amide bonds. The molecule has 13 heteroatoms. The number of benzene rings is 4. The zero-order valence-corrected chi connectivity index (χ0v) is 26.5. The van der Waals surface area contributed by atoms with Crippen LogP contribution in [0.1, 0.15) is 18.1 Å². The molecule has 0 N–H and O–H groups in total. The number of nitro benzene ring substituents is 1. The summed E-state index contributed by atoms with van der Waals surface area (Å²) in [6.07, 6.45) is 1.32. The standard InChI is InChI=1S/C32H21BrCl2N4O6/c1-2-43-28-12-18(11-26(39(41)42)30(28)44-17-19-7-9-22(34)15-24(19)35)16-36-38-31(37-25-6-4-3-5-23(25)32(38)40)29-14-20-13-21(33)8-10-27(20)45-29/h3-16H,2,17H2,1H3. The Hall–Kier alpha value is -4.71. The van der Waals surface area contributed by atoms with Crippen molar-refractivity contribution in [3.8, 4) is 23.1 Å². The van der Waals surface area contributed by atoms with Crippen molar-refractivity contribution in [1.29, 1.82) is 0 Å². The first kappa shape index (κ1) is 30.3. The molecule has 4 aromatic carbocycles. The Kier molecular flexibility index (Phi) is 8.57. The van der Waals surface area contributed by atoms with E-state index in [4.69, 9.17) is 37.1 Å². The minimum Gasteiger partial charge on any atom is -0.490 e. The Morgan fingerprint density at radius 2 is 1.89 bits per heavy atom. The summed E-state index contributed by atoms with van der Waals surface area (Å²) < 4.78 is 19.6. The lowest BCUT2D eigenvalue weighted by Crippen LogP contribution is -2.20. The van der Waals surface area contributed by atoms with Crippen LogP contribution in [-0.2, 0) is 6.61 Å². The third-order valence-electron chi connectivity index (χ3n) is 6.72. The summed E-state index contributed by atoms with van der Waals surface area (Å²) in [5.74, 6) is 0.504. The lowest BCUT2D eigenvalue weighted by Gasteiger charge is -2.14. The van der Waals surface area contributed by atoms with Crippen molar-refractivity contribution in [3.63, 3.8) is 0 Å². The van der Waals surface area contributed by atoms with Gasteiger partial charge in [0.2, 0.25) is 11.6 Å². The molecule has 0 aliphatic heterocycles. The lowest BCUT2D eigenvalue weighted by atomic mass is 10.1. The van der Waals surface area contributed by atoms with Gasteiger partial charge in [-0.25, -0.2) is 4.98 Å². The highest BCUT2D eigenvalue weighted by Gasteiger charge is 2.23. The van der Waals surface area contributed by atoms with Crippen molar-refractivity contribution in [2.24, 2.45) is 5.10 Å². The van der Waals surface area contributed by atoms with E-state index in [1.165, 1.54) is 18.3 Å². The van der Waals surface area contributed by atoms with Crippen molar-refractivity contribution in [1.82, 2.24) is 9.66 Å². The minimum atomic E-state index is -0.583. The minimum absolute atomic E-state index is 0.0695. The molecular weight excluding hydrogens is 687 g/mol. The van der Waals surface area contributed by atoms with E-state index < -0.39 is 10.5 Å². The van der Waals surface area contributed by atoms with Crippen LogP contribution in [0.4, 0.5) is 5.69 Å². The molecule has 6 rings (SSSR count). The molecule has 226 valence electrons. The first-order chi connectivity index (χ1) is 21.7. The SMILES string of the molecule is CCOc1cc(C=Nn2c(-c3cc4cc(Br)ccc4o3)nc3ccccc3c2=O)cc([N+](=O)[O-])c1OCc1ccc(Cl)cc1Cl. The van der Waals surface area contributed by atoms with Gasteiger partial charge in [0.25, 0.3) is 5.56 Å². The van der Waals surface area contributed by atoms with Crippen LogP contribution >= 0.6 is 39.1 Å². The fraction of sp³-hybridized carbons (Fsp3) is 0.0938. The topological polar surface area (TPSA) is 122 Å². The molecule has 0 spiro atoms. The van der Waals surface area contributed by atoms with Crippen molar-refractivity contribution >= 4 is 72.9 Å². The largest absolute Gasteiger partial charge is 0.490 e. The van der Waals surface area contributed by atoms with Crippen molar-refractivity contribution in [2.45, 2.75) is 13.5 Å². The molecule has 45 heavy (non-hydrogen) atoms. The van der Waals surface area contributed by atoms with Gasteiger partial charge < -0.3 is 13.9 Å². The van der Waals surface area contributed by atoms with Crippen molar-refractivity contribution in [2.75, 3.05) is 6.61 Å². The van der Waals surface area contributed by atoms with Gasteiger partial charge in [-0.2, -0.15) is 9.78 Å². The van der Waals surface area contributed by atoms with E-state index in [0.717, 1.165) is 14.5 Å². The summed E-state index contributed by atoms with van der Waals surface area (Å²) in [5, 5.41) is 18.5. The van der Waals surface area contributed by atoms with Gasteiger partial charge in [0.15, 0.2) is 11.5 Å². The number of nitro groups is 1. The third kappa shape index (κ3) is 6.28. The van der Waals surface area contributed by atoms with Crippen LogP contribution in [0.3, 0.4) is 0 Å². The molecule has 2 heterocycles. The van der Waals surface area contributed by atoms with Gasteiger partial charge in [0.05, 0.1) is 28.6 Å². The number of rotatable bonds is 9. The number of hydrogen-bond acceptors (Lipinski definition) is 8. The highest BCUT2D eigenvalue weighted by Crippen LogP contribution is 2.39. The molecule has 0 unspecified atom stereocenters. The first-order valence-electron chi connectivity index (χ1n) is 13.5. The third-order valence-corrected chi connectivity index (χ3v) is 7.80. The molecule has 0 saturated carbocycles. The van der Waals surface area contributed by atoms with E-state index in [-0.39, 0.29) is 41.8 Å². The second kappa shape index (κ2) is 12.7. The summed E-state index contributed by atoms with van der Waals surface area (Å²) in [6.45, 7) is 1.88. The van der Waals surface area contributed by atoms with Crippen LogP contribution in [-0.4, -0.2) is 27.4 Å². The lowest BCUT2D eigenvalue weighted by molar-refractivity contribution is -0.386. The van der Waals surface area contributed by atoms with E-state index in [1.54, 1.807) is 61.5 Å². The maximum atomic E-state index is 13.7. The number of fused-ring (bicyclic) bond motifs is 2. The molecular formula is C32H21BrCl2N4O6. The number of halogens is 3. The van der Waals surface area contributed by atoms with Crippen LogP contribution < -0.4 is 15.0 Å². The highest BCUT2D eigenvalue weighted by atomic mass is 79.9. The van der Waals surface area contributed by atoms with Crippen LogP contribution in [0.2, 0.25) is 10.0 Å². The summed E-state index contributed by atoms with van der Waals surface area (Å²) >= 11 is 15.7. The van der Waals surface area contributed by atoms with Gasteiger partial charge in [-0.15, -0.1) is 0 Å². The quantitative estimate of drug-likeness (QED) is 0.0837. The molecule has 0 aliphatic carbocycles. The molecule has 0 atom stereocenters. The normalized spacial score (nSPS) is 11.5. The fourth-order valence-corrected chi connectivity index (χ4v) is 5.50. The Bertz CT molecular complexity index is 2200. The van der Waals surface area contributed by atoms with Crippen LogP contribution in [0, 0.1) is 10.1 Å². The molecule has 0 radical (unpaired) electrons. The average molecular weight is 708 g/mol. The van der Waals surface area contributed by atoms with Crippen LogP contribution in [0.5, 0.6) is 11.5 Å². The van der Waals surface area contributed by atoms with E-state index >= 15 is 0 Å². The predicted molar refractivity (Wildman–Crippen MR) is 177 cm³/mol. The molecule has 10 nitrogen and oxygen atoms in total. The van der Waals surface area contributed by atoms with Gasteiger partial charge in [-0.1, -0.05) is 57.3 Å². The second-order valence-electron chi connectivity index (χ2n) is 9.69. The molecule has 2 aromatic heterocycles. The van der Waals surface area contributed by atoms with Gasteiger partial charge in [0, 0.05) is 37.1 Å². The molecule has 6 aromatic rings. The number of hydrogen-bond donors (Lipinski definition) is 0. The summed E-state index contributed by atoms with van der Waals surface area (Å²) in [4.78, 5) is 29.9. The zero-order chi connectivity index (χ0) is 31.7. The fourth-order valence-electron chi connectivity index (χ4n) is 4.65. The zero-order valence-electron chi connectivity index (χ0n) is 23.4.